The summed E-state index contributed by atoms with van der Waals surface area (Å²) in [4.78, 5) is 41.0. The Kier molecular flexibility index (Phi) is 7.80. The van der Waals surface area contributed by atoms with Crippen LogP contribution in [0.15, 0.2) is 53.6 Å². The van der Waals surface area contributed by atoms with E-state index >= 15 is 0 Å². The molecular weight excluding hydrogens is 412 g/mol. The van der Waals surface area contributed by atoms with Crippen LogP contribution in [-0.4, -0.2) is 42.1 Å². The molecule has 0 aliphatic rings. The van der Waals surface area contributed by atoms with E-state index in [9.17, 15) is 14.4 Å². The van der Waals surface area contributed by atoms with E-state index in [1.165, 1.54) is 25.1 Å². The molecule has 168 valence electrons. The molecule has 0 unspecified atom stereocenters. The van der Waals surface area contributed by atoms with E-state index in [4.69, 9.17) is 9.47 Å². The van der Waals surface area contributed by atoms with Crippen molar-refractivity contribution in [2.75, 3.05) is 20.8 Å². The van der Waals surface area contributed by atoms with E-state index in [0.29, 0.717) is 41.9 Å². The molecule has 32 heavy (non-hydrogen) atoms. The smallest absolute Gasteiger partial charge is 0.261 e. The first-order valence-electron chi connectivity index (χ1n) is 10.2. The van der Waals surface area contributed by atoms with Gasteiger partial charge < -0.3 is 20.1 Å². The molecule has 1 heterocycles. The first kappa shape index (κ1) is 22.8. The lowest BCUT2D eigenvalue weighted by Gasteiger charge is -2.11. The Hall–Kier alpha value is -3.88. The number of nitrogens with zero attached hydrogens (tertiary/aromatic N) is 2. The summed E-state index contributed by atoms with van der Waals surface area (Å²) < 4.78 is 11.9. The Morgan fingerprint density at radius 3 is 2.44 bits per heavy atom. The van der Waals surface area contributed by atoms with Crippen LogP contribution in [0.5, 0.6) is 11.5 Å². The Balaban J connectivity index is 1.48. The van der Waals surface area contributed by atoms with Gasteiger partial charge in [0.05, 0.1) is 38.0 Å². The summed E-state index contributed by atoms with van der Waals surface area (Å²) in [7, 11) is 3.02. The number of nitrogens with one attached hydrogen (secondary N) is 2. The van der Waals surface area contributed by atoms with Gasteiger partial charge in [0.25, 0.3) is 5.56 Å². The van der Waals surface area contributed by atoms with E-state index < -0.39 is 0 Å². The van der Waals surface area contributed by atoms with Crippen LogP contribution in [0.4, 0.5) is 0 Å². The normalized spacial score (nSPS) is 10.6. The molecule has 0 aliphatic carbocycles. The predicted molar refractivity (Wildman–Crippen MR) is 120 cm³/mol. The van der Waals surface area contributed by atoms with Gasteiger partial charge in [0.2, 0.25) is 11.8 Å². The molecule has 0 radical (unpaired) electrons. The van der Waals surface area contributed by atoms with Crippen LogP contribution in [-0.2, 0) is 22.7 Å². The molecular formula is C23H26N4O5. The molecule has 2 amide bonds. The van der Waals surface area contributed by atoms with Crippen molar-refractivity contribution in [2.24, 2.45) is 0 Å². The highest BCUT2D eigenvalue weighted by Gasteiger charge is 2.12. The van der Waals surface area contributed by atoms with Gasteiger partial charge in [-0.3, -0.25) is 19.0 Å². The number of methoxy groups -OCH3 is 2. The van der Waals surface area contributed by atoms with Crippen molar-refractivity contribution >= 4 is 22.7 Å². The van der Waals surface area contributed by atoms with E-state index in [-0.39, 0.29) is 30.3 Å². The zero-order chi connectivity index (χ0) is 22.9. The molecule has 3 rings (SSSR count). The molecule has 2 N–H and O–H groups in total. The van der Waals surface area contributed by atoms with Crippen LogP contribution in [0, 0.1) is 0 Å². The Morgan fingerprint density at radius 1 is 1.00 bits per heavy atom. The third-order valence-corrected chi connectivity index (χ3v) is 4.91. The third-order valence-electron chi connectivity index (χ3n) is 4.91. The van der Waals surface area contributed by atoms with Crippen molar-refractivity contribution in [1.29, 1.82) is 0 Å². The first-order valence-corrected chi connectivity index (χ1v) is 10.2. The first-order chi connectivity index (χ1) is 15.5. The highest BCUT2D eigenvalue weighted by Crippen LogP contribution is 2.29. The van der Waals surface area contributed by atoms with Gasteiger partial charge in [-0.2, -0.15) is 0 Å². The fourth-order valence-electron chi connectivity index (χ4n) is 3.18. The summed E-state index contributed by atoms with van der Waals surface area (Å²) in [6, 6.07) is 12.8. The van der Waals surface area contributed by atoms with Crippen LogP contribution in [0.2, 0.25) is 0 Å². The zero-order valence-corrected chi connectivity index (χ0v) is 18.1. The van der Waals surface area contributed by atoms with Crippen molar-refractivity contribution in [3.05, 3.63) is 64.7 Å². The van der Waals surface area contributed by atoms with Crippen molar-refractivity contribution in [3.8, 4) is 11.5 Å². The number of fused-ring (bicyclic) bond motifs is 1. The third kappa shape index (κ3) is 5.84. The van der Waals surface area contributed by atoms with E-state index in [1.54, 1.807) is 12.1 Å². The number of benzene rings is 2. The van der Waals surface area contributed by atoms with Crippen molar-refractivity contribution < 1.29 is 19.1 Å². The highest BCUT2D eigenvalue weighted by atomic mass is 16.5. The minimum atomic E-state index is -0.262. The van der Waals surface area contributed by atoms with E-state index in [2.05, 4.69) is 15.6 Å². The molecule has 0 saturated carbocycles. The molecule has 2 aromatic carbocycles. The second kappa shape index (κ2) is 10.9. The molecule has 0 saturated heterocycles. The average Bonchev–Trinajstić information content (AvgIpc) is 2.82. The van der Waals surface area contributed by atoms with Gasteiger partial charge in [-0.15, -0.1) is 0 Å². The standard InChI is InChI=1S/C23H26N4O5/c1-31-19-11-17-18(12-20(19)32-2)26-15-27(23(17)30)10-6-9-21(28)25-14-22(29)24-13-16-7-4-3-5-8-16/h3-5,7-8,11-12,15H,6,9-10,13-14H2,1-2H3,(H,24,29)(H,25,28). The topological polar surface area (TPSA) is 112 Å². The number of hydrogen-bond acceptors (Lipinski definition) is 6. The van der Waals surface area contributed by atoms with Crippen molar-refractivity contribution in [3.63, 3.8) is 0 Å². The molecule has 3 aromatic rings. The highest BCUT2D eigenvalue weighted by molar-refractivity contribution is 5.84. The fourth-order valence-corrected chi connectivity index (χ4v) is 3.18. The number of hydrogen-bond donors (Lipinski definition) is 2. The molecule has 0 fully saturated rings. The van der Waals surface area contributed by atoms with Crippen LogP contribution in [0.3, 0.4) is 0 Å². The Bertz CT molecular complexity index is 1140. The molecule has 1 aromatic heterocycles. The predicted octanol–water partition coefficient (Wildman–Crippen LogP) is 1.63. The van der Waals surface area contributed by atoms with Crippen LogP contribution < -0.4 is 25.7 Å². The molecule has 0 bridgehead atoms. The lowest BCUT2D eigenvalue weighted by molar-refractivity contribution is -0.126. The minimum Gasteiger partial charge on any atom is -0.493 e. The fraction of sp³-hybridized carbons (Fsp3) is 0.304. The SMILES string of the molecule is COc1cc2ncn(CCCC(=O)NCC(=O)NCc3ccccc3)c(=O)c2cc1OC. The minimum absolute atomic E-state index is 0.0925. The summed E-state index contributed by atoms with van der Waals surface area (Å²) in [5.41, 5.74) is 1.26. The molecule has 0 aliphatic heterocycles. The summed E-state index contributed by atoms with van der Waals surface area (Å²) in [6.07, 6.45) is 2.06. The average molecular weight is 438 g/mol. The number of aromatic nitrogens is 2. The summed E-state index contributed by atoms with van der Waals surface area (Å²) >= 11 is 0. The number of amides is 2. The van der Waals surface area contributed by atoms with Gasteiger partial charge in [-0.1, -0.05) is 30.3 Å². The van der Waals surface area contributed by atoms with E-state index in [1.807, 2.05) is 30.3 Å². The van der Waals surface area contributed by atoms with Gasteiger partial charge in [0.1, 0.15) is 0 Å². The van der Waals surface area contributed by atoms with Crippen molar-refractivity contribution in [2.45, 2.75) is 25.9 Å². The largest absolute Gasteiger partial charge is 0.493 e. The monoisotopic (exact) mass is 438 g/mol. The summed E-state index contributed by atoms with van der Waals surface area (Å²) in [6.45, 7) is 0.637. The van der Waals surface area contributed by atoms with Gasteiger partial charge in [0, 0.05) is 25.6 Å². The lowest BCUT2D eigenvalue weighted by Crippen LogP contribution is -2.36. The summed E-state index contributed by atoms with van der Waals surface area (Å²) in [5, 5.41) is 5.75. The van der Waals surface area contributed by atoms with Crippen LogP contribution in [0.25, 0.3) is 10.9 Å². The number of ether oxygens (including phenoxy) is 2. The quantitative estimate of drug-likeness (QED) is 0.498. The maximum absolute atomic E-state index is 12.7. The van der Waals surface area contributed by atoms with Gasteiger partial charge in [-0.05, 0) is 18.1 Å². The lowest BCUT2D eigenvalue weighted by atomic mass is 10.2. The van der Waals surface area contributed by atoms with Gasteiger partial charge >= 0.3 is 0 Å². The second-order valence-corrected chi connectivity index (χ2v) is 7.11. The molecule has 0 spiro atoms. The molecule has 9 nitrogen and oxygen atoms in total. The number of aryl methyl sites for hydroxylation is 1. The maximum Gasteiger partial charge on any atom is 0.261 e. The summed E-state index contributed by atoms with van der Waals surface area (Å²) in [5.74, 6) is 0.422. The van der Waals surface area contributed by atoms with E-state index in [0.717, 1.165) is 5.56 Å². The number of carbonyl (C=O) groups excluding carboxylic acids is 2. The zero-order valence-electron chi connectivity index (χ0n) is 18.1. The molecule has 9 heteroatoms. The van der Waals surface area contributed by atoms with Crippen LogP contribution >= 0.6 is 0 Å². The van der Waals surface area contributed by atoms with Gasteiger partial charge in [-0.25, -0.2) is 4.98 Å². The van der Waals surface area contributed by atoms with Crippen molar-refractivity contribution in [1.82, 2.24) is 20.2 Å². The maximum atomic E-state index is 12.7. The second-order valence-electron chi connectivity index (χ2n) is 7.11. The molecule has 0 atom stereocenters. The Labute approximate surface area is 185 Å². The number of carbonyl (C=O) groups is 2. The number of rotatable bonds is 10. The van der Waals surface area contributed by atoms with Gasteiger partial charge in [0.15, 0.2) is 11.5 Å². The van der Waals surface area contributed by atoms with Crippen LogP contribution in [0.1, 0.15) is 18.4 Å². The Morgan fingerprint density at radius 2 is 1.72 bits per heavy atom.